The number of hydrogen-bond donors (Lipinski definition) is 1. The number of aliphatic hydroxyl groups excluding tert-OH is 1. The van der Waals surface area contributed by atoms with Gasteiger partial charge < -0.3 is 5.11 Å². The molecular weight excluding hydrogens is 232 g/mol. The lowest BCUT2D eigenvalue weighted by molar-refractivity contribution is 0.104. The normalized spacial score (nSPS) is 28.9. The molecule has 0 bridgehead atoms. The Morgan fingerprint density at radius 1 is 1.29 bits per heavy atom. The molecule has 2 rings (SSSR count). The number of thioether (sulfide) groups is 1. The summed E-state index contributed by atoms with van der Waals surface area (Å²) in [6, 6.07) is 9.29. The highest BCUT2D eigenvalue weighted by atomic mass is 32.2. The van der Waals surface area contributed by atoms with Crippen molar-refractivity contribution in [2.75, 3.05) is 0 Å². The lowest BCUT2D eigenvalue weighted by atomic mass is 9.88. The summed E-state index contributed by atoms with van der Waals surface area (Å²) in [5.74, 6) is 0.577. The summed E-state index contributed by atoms with van der Waals surface area (Å²) in [6.07, 6.45) is 2.53. The molecule has 0 spiro atoms. The maximum Gasteiger partial charge on any atom is 0.219 e. The molecule has 0 aromatic heterocycles. The van der Waals surface area contributed by atoms with Crippen molar-refractivity contribution in [2.24, 2.45) is 5.92 Å². The van der Waals surface area contributed by atoms with E-state index in [0.717, 1.165) is 24.8 Å². The van der Waals surface area contributed by atoms with Crippen molar-refractivity contribution < 1.29 is 9.90 Å². The number of hydrogen-bond acceptors (Lipinski definition) is 3. The fourth-order valence-corrected chi connectivity index (χ4v) is 3.31. The fraction of sp³-hybridized carbons (Fsp3) is 0.500. The zero-order valence-corrected chi connectivity index (χ0v) is 10.8. The largest absolute Gasteiger partial charge is 0.392 e. The lowest BCUT2D eigenvalue weighted by Crippen LogP contribution is -2.31. The van der Waals surface area contributed by atoms with Crippen LogP contribution in [-0.2, 0) is 0 Å². The summed E-state index contributed by atoms with van der Waals surface area (Å²) >= 11 is 1.29. The Balaban J connectivity index is 1.95. The minimum atomic E-state index is -0.337. The van der Waals surface area contributed by atoms with Gasteiger partial charge in [0.1, 0.15) is 0 Å². The van der Waals surface area contributed by atoms with E-state index in [0.29, 0.717) is 5.92 Å². The molecule has 1 aliphatic carbocycles. The minimum Gasteiger partial charge on any atom is -0.392 e. The molecule has 0 amide bonds. The van der Waals surface area contributed by atoms with E-state index in [1.54, 1.807) is 0 Å². The van der Waals surface area contributed by atoms with Gasteiger partial charge in [-0.2, -0.15) is 0 Å². The first-order valence-corrected chi connectivity index (χ1v) is 6.99. The molecule has 92 valence electrons. The van der Waals surface area contributed by atoms with Gasteiger partial charge in [-0.15, -0.1) is 0 Å². The van der Waals surface area contributed by atoms with Gasteiger partial charge in [-0.05, 0) is 25.2 Å². The van der Waals surface area contributed by atoms with Crippen molar-refractivity contribution in [1.29, 1.82) is 0 Å². The molecule has 1 fully saturated rings. The topological polar surface area (TPSA) is 37.3 Å². The molecule has 3 atom stereocenters. The predicted octanol–water partition coefficient (Wildman–Crippen LogP) is 3.11. The van der Waals surface area contributed by atoms with Crippen LogP contribution in [0.2, 0.25) is 0 Å². The molecule has 2 nitrogen and oxygen atoms in total. The van der Waals surface area contributed by atoms with E-state index in [2.05, 4.69) is 6.92 Å². The van der Waals surface area contributed by atoms with E-state index in [1.165, 1.54) is 11.8 Å². The van der Waals surface area contributed by atoms with Gasteiger partial charge in [-0.3, -0.25) is 4.79 Å². The van der Waals surface area contributed by atoms with Crippen molar-refractivity contribution >= 4 is 16.9 Å². The summed E-state index contributed by atoms with van der Waals surface area (Å²) < 4.78 is 0. The van der Waals surface area contributed by atoms with Crippen LogP contribution in [0.25, 0.3) is 0 Å². The van der Waals surface area contributed by atoms with Crippen molar-refractivity contribution in [1.82, 2.24) is 0 Å². The molecule has 1 N–H and O–H groups in total. The van der Waals surface area contributed by atoms with Gasteiger partial charge >= 0.3 is 0 Å². The lowest BCUT2D eigenvalue weighted by Gasteiger charge is -2.30. The molecule has 0 aliphatic heterocycles. The molecule has 3 heteroatoms. The third kappa shape index (κ3) is 3.33. The Labute approximate surface area is 106 Å². The highest BCUT2D eigenvalue weighted by Gasteiger charge is 2.29. The average molecular weight is 250 g/mol. The number of aliphatic hydroxyl groups is 1. The second-order valence-electron chi connectivity index (χ2n) is 4.80. The first kappa shape index (κ1) is 12.7. The van der Waals surface area contributed by atoms with Crippen molar-refractivity contribution in [2.45, 2.75) is 37.5 Å². The van der Waals surface area contributed by atoms with Crippen LogP contribution < -0.4 is 0 Å². The average Bonchev–Trinajstić information content (AvgIpc) is 2.34. The maximum absolute atomic E-state index is 12.0. The molecule has 1 aromatic rings. The smallest absolute Gasteiger partial charge is 0.219 e. The highest BCUT2D eigenvalue weighted by Crippen LogP contribution is 2.33. The quantitative estimate of drug-likeness (QED) is 0.876. The van der Waals surface area contributed by atoms with Crippen LogP contribution >= 0.6 is 11.8 Å². The highest BCUT2D eigenvalue weighted by molar-refractivity contribution is 8.14. The third-order valence-electron chi connectivity index (χ3n) is 3.28. The Kier molecular flexibility index (Phi) is 4.24. The second-order valence-corrected chi connectivity index (χ2v) is 6.01. The fourth-order valence-electron chi connectivity index (χ4n) is 2.24. The van der Waals surface area contributed by atoms with Crippen LogP contribution in [0, 0.1) is 5.92 Å². The Morgan fingerprint density at radius 2 is 2.00 bits per heavy atom. The molecule has 17 heavy (non-hydrogen) atoms. The van der Waals surface area contributed by atoms with Crippen LogP contribution in [0.1, 0.15) is 36.5 Å². The summed E-state index contributed by atoms with van der Waals surface area (Å²) in [7, 11) is 0. The van der Waals surface area contributed by atoms with Gasteiger partial charge in [0.25, 0.3) is 0 Å². The van der Waals surface area contributed by atoms with Crippen LogP contribution in [0.3, 0.4) is 0 Å². The SMILES string of the molecule is C[C@@H]1CC[C@@H](SC(=O)c2ccccc2)[C@H](O)C1. The van der Waals surface area contributed by atoms with E-state index in [9.17, 15) is 9.90 Å². The maximum atomic E-state index is 12.0. The van der Waals surface area contributed by atoms with Crippen LogP contribution in [0.5, 0.6) is 0 Å². The zero-order chi connectivity index (χ0) is 12.3. The molecule has 0 heterocycles. The second kappa shape index (κ2) is 5.69. The Bertz CT molecular complexity index is 377. The first-order valence-electron chi connectivity index (χ1n) is 6.11. The van der Waals surface area contributed by atoms with Crippen LogP contribution in [0.15, 0.2) is 30.3 Å². The van der Waals surface area contributed by atoms with Gasteiger partial charge in [0.2, 0.25) is 5.12 Å². The number of carbonyl (C=O) groups excluding carboxylic acids is 1. The predicted molar refractivity (Wildman–Crippen MR) is 71.2 cm³/mol. The minimum absolute atomic E-state index is 0.0684. The molecular formula is C14H18O2S. The molecule has 1 saturated carbocycles. The Morgan fingerprint density at radius 3 is 2.65 bits per heavy atom. The molecule has 1 aliphatic rings. The molecule has 0 saturated heterocycles. The van der Waals surface area contributed by atoms with Gasteiger partial charge in [0.05, 0.1) is 6.10 Å². The summed E-state index contributed by atoms with van der Waals surface area (Å²) in [5, 5.41) is 10.1. The summed E-state index contributed by atoms with van der Waals surface area (Å²) in [6.45, 7) is 2.16. The van der Waals surface area contributed by atoms with E-state index < -0.39 is 0 Å². The molecule has 1 aromatic carbocycles. The van der Waals surface area contributed by atoms with E-state index in [-0.39, 0.29) is 16.5 Å². The Hall–Kier alpha value is -0.800. The van der Waals surface area contributed by atoms with E-state index in [1.807, 2.05) is 30.3 Å². The third-order valence-corrected chi connectivity index (χ3v) is 4.59. The van der Waals surface area contributed by atoms with Crippen molar-refractivity contribution in [3.63, 3.8) is 0 Å². The summed E-state index contributed by atoms with van der Waals surface area (Å²) in [4.78, 5) is 12.0. The van der Waals surface area contributed by atoms with Gasteiger partial charge in [0.15, 0.2) is 0 Å². The molecule has 0 radical (unpaired) electrons. The molecule has 0 unspecified atom stereocenters. The van der Waals surface area contributed by atoms with E-state index >= 15 is 0 Å². The van der Waals surface area contributed by atoms with E-state index in [4.69, 9.17) is 0 Å². The van der Waals surface area contributed by atoms with Crippen molar-refractivity contribution in [3.8, 4) is 0 Å². The van der Waals surface area contributed by atoms with Crippen molar-refractivity contribution in [3.05, 3.63) is 35.9 Å². The number of carbonyl (C=O) groups is 1. The first-order chi connectivity index (χ1) is 8.16. The zero-order valence-electron chi connectivity index (χ0n) is 10.0. The standard InChI is InChI=1S/C14H18O2S/c1-10-7-8-13(12(15)9-10)17-14(16)11-5-3-2-4-6-11/h2-6,10,12-13,15H,7-9H2,1H3/t10-,12-,13-/m1/s1. The number of benzene rings is 1. The summed E-state index contributed by atoms with van der Waals surface area (Å²) in [5.41, 5.74) is 0.725. The van der Waals surface area contributed by atoms with Crippen LogP contribution in [-0.4, -0.2) is 21.6 Å². The van der Waals surface area contributed by atoms with Gasteiger partial charge in [-0.1, -0.05) is 49.0 Å². The van der Waals surface area contributed by atoms with Gasteiger partial charge in [0, 0.05) is 10.8 Å². The monoisotopic (exact) mass is 250 g/mol. The number of rotatable bonds is 2. The van der Waals surface area contributed by atoms with Crippen LogP contribution in [0.4, 0.5) is 0 Å². The van der Waals surface area contributed by atoms with Gasteiger partial charge in [-0.25, -0.2) is 0 Å².